The second kappa shape index (κ2) is 7.46. The molecule has 0 amide bonds. The summed E-state index contributed by atoms with van der Waals surface area (Å²) in [5.41, 5.74) is 2.86. The van der Waals surface area contributed by atoms with Crippen LogP contribution in [0.5, 0.6) is 0 Å². The molecule has 0 fully saturated rings. The molecule has 17 heavy (non-hydrogen) atoms. The zero-order valence-electron chi connectivity index (χ0n) is 10.1. The minimum atomic E-state index is -0.367. The molecule has 1 heterocycles. The third-order valence-electron chi connectivity index (χ3n) is 2.08. The van der Waals surface area contributed by atoms with E-state index in [1.54, 1.807) is 37.6 Å². The summed E-state index contributed by atoms with van der Waals surface area (Å²) in [7, 11) is 1.54. The fourth-order valence-corrected chi connectivity index (χ4v) is 1.22. The molecule has 1 unspecified atom stereocenters. The lowest BCUT2D eigenvalue weighted by molar-refractivity contribution is 0.0310. The summed E-state index contributed by atoms with van der Waals surface area (Å²) >= 11 is 0. The largest absolute Gasteiger partial charge is 0.498 e. The van der Waals surface area contributed by atoms with Gasteiger partial charge in [-0.05, 0) is 25.1 Å². The van der Waals surface area contributed by atoms with Crippen molar-refractivity contribution in [3.63, 3.8) is 0 Å². The summed E-state index contributed by atoms with van der Waals surface area (Å²) in [6.45, 7) is 2.06. The third kappa shape index (κ3) is 5.17. The van der Waals surface area contributed by atoms with Crippen LogP contribution < -0.4 is 5.48 Å². The minimum absolute atomic E-state index is 0.367. The van der Waals surface area contributed by atoms with Crippen LogP contribution in [-0.2, 0) is 9.57 Å². The highest BCUT2D eigenvalue weighted by atomic mass is 16.7. The Morgan fingerprint density at radius 3 is 2.53 bits per heavy atom. The van der Waals surface area contributed by atoms with Gasteiger partial charge in [-0.2, -0.15) is 5.48 Å². The maximum atomic E-state index is 11.0. The molecule has 1 aromatic rings. The first-order valence-corrected chi connectivity index (χ1v) is 5.47. The molecule has 1 aromatic carbocycles. The van der Waals surface area contributed by atoms with Crippen LogP contribution in [0.15, 0.2) is 42.7 Å². The van der Waals surface area contributed by atoms with Gasteiger partial charge >= 0.3 is 5.97 Å². The maximum Gasteiger partial charge on any atom is 0.356 e. The number of nitrogens with one attached hydrogen (secondary N) is 1. The number of hydrogen-bond donors (Lipinski definition) is 1. The molecule has 1 aliphatic heterocycles. The third-order valence-corrected chi connectivity index (χ3v) is 2.08. The Morgan fingerprint density at radius 2 is 2.12 bits per heavy atom. The van der Waals surface area contributed by atoms with E-state index in [1.165, 1.54) is 0 Å². The highest BCUT2D eigenvalue weighted by Gasteiger charge is 2.03. The van der Waals surface area contributed by atoms with Gasteiger partial charge in [-0.15, -0.1) is 0 Å². The molecule has 4 nitrogen and oxygen atoms in total. The van der Waals surface area contributed by atoms with Crippen LogP contribution in [0.1, 0.15) is 23.7 Å². The van der Waals surface area contributed by atoms with E-state index in [9.17, 15) is 4.79 Å². The van der Waals surface area contributed by atoms with Gasteiger partial charge in [-0.1, -0.05) is 18.2 Å². The SMILES string of the molecule is CC1CC=CO1.CNOC(=O)c1ccccc1. The van der Waals surface area contributed by atoms with Crippen LogP contribution >= 0.6 is 0 Å². The zero-order chi connectivity index (χ0) is 12.5. The van der Waals surface area contributed by atoms with Gasteiger partial charge in [-0.3, -0.25) is 0 Å². The first-order valence-electron chi connectivity index (χ1n) is 5.47. The molecule has 0 spiro atoms. The van der Waals surface area contributed by atoms with Crippen molar-refractivity contribution in [1.29, 1.82) is 0 Å². The van der Waals surface area contributed by atoms with Gasteiger partial charge in [0.15, 0.2) is 0 Å². The van der Waals surface area contributed by atoms with E-state index in [-0.39, 0.29) is 5.97 Å². The quantitative estimate of drug-likeness (QED) is 0.799. The predicted octanol–water partition coefficient (Wildman–Crippen LogP) is 2.29. The van der Waals surface area contributed by atoms with Crippen LogP contribution in [0.3, 0.4) is 0 Å². The molecule has 2 rings (SSSR count). The Bertz CT molecular complexity index is 354. The number of hydrogen-bond acceptors (Lipinski definition) is 4. The molecule has 0 saturated heterocycles. The summed E-state index contributed by atoms with van der Waals surface area (Å²) in [6, 6.07) is 8.80. The number of rotatable bonds is 2. The van der Waals surface area contributed by atoms with Crippen molar-refractivity contribution in [1.82, 2.24) is 5.48 Å². The number of carbonyl (C=O) groups excluding carboxylic acids is 1. The molecule has 0 radical (unpaired) electrons. The smallest absolute Gasteiger partial charge is 0.356 e. The Hall–Kier alpha value is -1.81. The Morgan fingerprint density at radius 1 is 1.41 bits per heavy atom. The van der Waals surface area contributed by atoms with Crippen LogP contribution in [-0.4, -0.2) is 19.1 Å². The van der Waals surface area contributed by atoms with Crippen molar-refractivity contribution in [3.8, 4) is 0 Å². The van der Waals surface area contributed by atoms with Gasteiger partial charge in [0, 0.05) is 13.5 Å². The summed E-state index contributed by atoms with van der Waals surface area (Å²) < 4.78 is 4.97. The summed E-state index contributed by atoms with van der Waals surface area (Å²) in [6.07, 6.45) is 5.31. The van der Waals surface area contributed by atoms with Gasteiger partial charge in [0.1, 0.15) is 0 Å². The lowest BCUT2D eigenvalue weighted by Crippen LogP contribution is -2.14. The summed E-state index contributed by atoms with van der Waals surface area (Å²) in [4.78, 5) is 15.5. The van der Waals surface area contributed by atoms with E-state index in [0.29, 0.717) is 11.7 Å². The maximum absolute atomic E-state index is 11.0. The highest BCUT2D eigenvalue weighted by Crippen LogP contribution is 2.05. The first kappa shape index (κ1) is 13.3. The van der Waals surface area contributed by atoms with Gasteiger partial charge < -0.3 is 9.57 Å². The standard InChI is InChI=1S/C8H9NO2.C5H8O/c1-9-11-8(10)7-5-3-2-4-6-7;1-5-3-2-4-6-5/h2-6,9H,1H3;2,4-5H,3H2,1H3. The van der Waals surface area contributed by atoms with Crippen molar-refractivity contribution < 1.29 is 14.4 Å². The average molecular weight is 235 g/mol. The zero-order valence-corrected chi connectivity index (χ0v) is 10.1. The normalized spacial score (nSPS) is 16.7. The molecule has 0 bridgehead atoms. The predicted molar refractivity (Wildman–Crippen MR) is 65.2 cm³/mol. The Balaban J connectivity index is 0.000000202. The second-order valence-corrected chi connectivity index (χ2v) is 3.51. The highest BCUT2D eigenvalue weighted by molar-refractivity contribution is 5.89. The molecule has 1 atom stereocenters. The minimum Gasteiger partial charge on any atom is -0.498 e. The molecule has 0 saturated carbocycles. The van der Waals surface area contributed by atoms with E-state index >= 15 is 0 Å². The number of hydroxylamine groups is 1. The van der Waals surface area contributed by atoms with Crippen molar-refractivity contribution in [2.45, 2.75) is 19.4 Å². The van der Waals surface area contributed by atoms with Crippen molar-refractivity contribution in [3.05, 3.63) is 48.2 Å². The fraction of sp³-hybridized carbons (Fsp3) is 0.308. The number of ether oxygens (including phenoxy) is 1. The van der Waals surface area contributed by atoms with E-state index in [0.717, 1.165) is 6.42 Å². The molecule has 92 valence electrons. The van der Waals surface area contributed by atoms with Crippen molar-refractivity contribution >= 4 is 5.97 Å². The van der Waals surface area contributed by atoms with Crippen LogP contribution in [0.4, 0.5) is 0 Å². The topological polar surface area (TPSA) is 47.6 Å². The van der Waals surface area contributed by atoms with Gasteiger partial charge in [0.05, 0.1) is 17.9 Å². The molecule has 1 N–H and O–H groups in total. The van der Waals surface area contributed by atoms with Crippen molar-refractivity contribution in [2.75, 3.05) is 7.05 Å². The Labute approximate surface area is 101 Å². The van der Waals surface area contributed by atoms with E-state index in [2.05, 4.69) is 17.2 Å². The molecular formula is C13H17NO3. The summed E-state index contributed by atoms with van der Waals surface area (Å²) in [5.74, 6) is -0.367. The lowest BCUT2D eigenvalue weighted by Gasteiger charge is -1.99. The fourth-order valence-electron chi connectivity index (χ4n) is 1.22. The van der Waals surface area contributed by atoms with E-state index in [1.807, 2.05) is 12.1 Å². The van der Waals surface area contributed by atoms with Crippen LogP contribution in [0.2, 0.25) is 0 Å². The first-order chi connectivity index (χ1) is 8.24. The van der Waals surface area contributed by atoms with Crippen LogP contribution in [0.25, 0.3) is 0 Å². The second-order valence-electron chi connectivity index (χ2n) is 3.51. The molecule has 0 aromatic heterocycles. The van der Waals surface area contributed by atoms with Gasteiger partial charge in [0.2, 0.25) is 0 Å². The molecular weight excluding hydrogens is 218 g/mol. The van der Waals surface area contributed by atoms with E-state index in [4.69, 9.17) is 4.74 Å². The van der Waals surface area contributed by atoms with Crippen molar-refractivity contribution in [2.24, 2.45) is 0 Å². The molecule has 0 aliphatic carbocycles. The number of carbonyl (C=O) groups is 1. The average Bonchev–Trinajstić information content (AvgIpc) is 2.83. The Kier molecular flexibility index (Phi) is 5.82. The number of benzene rings is 1. The van der Waals surface area contributed by atoms with E-state index < -0.39 is 0 Å². The monoisotopic (exact) mass is 235 g/mol. The molecule has 1 aliphatic rings. The van der Waals surface area contributed by atoms with Gasteiger partial charge in [-0.25, -0.2) is 4.79 Å². The summed E-state index contributed by atoms with van der Waals surface area (Å²) in [5, 5.41) is 0. The van der Waals surface area contributed by atoms with Gasteiger partial charge in [0.25, 0.3) is 0 Å². The lowest BCUT2D eigenvalue weighted by atomic mass is 10.2. The molecule has 4 heteroatoms. The van der Waals surface area contributed by atoms with Crippen LogP contribution in [0, 0.1) is 0 Å².